The van der Waals surface area contributed by atoms with Crippen molar-refractivity contribution < 1.29 is 0 Å². The molecule has 0 spiro atoms. The summed E-state index contributed by atoms with van der Waals surface area (Å²) in [4.78, 5) is 7.95. The number of aromatic nitrogens is 2. The van der Waals surface area contributed by atoms with Gasteiger partial charge in [-0.05, 0) is 24.1 Å². The van der Waals surface area contributed by atoms with E-state index in [1.165, 1.54) is 5.56 Å². The number of fused-ring (bicyclic) bond motifs is 1. The number of benzene rings is 2. The van der Waals surface area contributed by atoms with Gasteiger partial charge in [0.15, 0.2) is 0 Å². The SMILES string of the molecule is CCc1ccccc1-c1nc2c(N)cccc2[nH]1. The van der Waals surface area contributed by atoms with Crippen molar-refractivity contribution in [3.05, 3.63) is 48.0 Å². The molecule has 1 heterocycles. The van der Waals surface area contributed by atoms with Crippen molar-refractivity contribution in [3.63, 3.8) is 0 Å². The topological polar surface area (TPSA) is 54.7 Å². The zero-order valence-corrected chi connectivity index (χ0v) is 10.3. The van der Waals surface area contributed by atoms with Gasteiger partial charge < -0.3 is 10.7 Å². The van der Waals surface area contributed by atoms with E-state index in [0.29, 0.717) is 5.69 Å². The van der Waals surface area contributed by atoms with Crippen molar-refractivity contribution in [3.8, 4) is 11.4 Å². The van der Waals surface area contributed by atoms with Gasteiger partial charge in [-0.15, -0.1) is 0 Å². The molecule has 0 saturated carbocycles. The first-order valence-corrected chi connectivity index (χ1v) is 6.12. The summed E-state index contributed by atoms with van der Waals surface area (Å²) in [7, 11) is 0. The van der Waals surface area contributed by atoms with Gasteiger partial charge in [0.2, 0.25) is 0 Å². The van der Waals surface area contributed by atoms with Crippen LogP contribution in [0, 0.1) is 0 Å². The molecule has 0 fully saturated rings. The number of nitrogen functional groups attached to an aromatic ring is 1. The molecule has 0 amide bonds. The number of nitrogens with zero attached hydrogens (tertiary/aromatic N) is 1. The van der Waals surface area contributed by atoms with Gasteiger partial charge in [0.25, 0.3) is 0 Å². The van der Waals surface area contributed by atoms with Crippen LogP contribution < -0.4 is 5.73 Å². The Balaban J connectivity index is 2.23. The number of aryl methyl sites for hydroxylation is 1. The summed E-state index contributed by atoms with van der Waals surface area (Å²) < 4.78 is 0. The Hall–Kier alpha value is -2.29. The van der Waals surface area contributed by atoms with E-state index in [1.54, 1.807) is 0 Å². The van der Waals surface area contributed by atoms with Gasteiger partial charge in [-0.3, -0.25) is 0 Å². The molecule has 0 aliphatic rings. The maximum absolute atomic E-state index is 5.94. The number of anilines is 1. The molecule has 0 bridgehead atoms. The third-order valence-corrected chi connectivity index (χ3v) is 3.20. The molecular formula is C15H15N3. The van der Waals surface area contributed by atoms with Gasteiger partial charge in [0, 0.05) is 5.56 Å². The second kappa shape index (κ2) is 4.18. The average molecular weight is 237 g/mol. The summed E-state index contributed by atoms with van der Waals surface area (Å²) in [5.41, 5.74) is 10.9. The molecule has 0 aliphatic heterocycles. The predicted molar refractivity (Wildman–Crippen MR) is 75.3 cm³/mol. The Bertz CT molecular complexity index is 698. The highest BCUT2D eigenvalue weighted by molar-refractivity contribution is 5.89. The Morgan fingerprint density at radius 1 is 1.11 bits per heavy atom. The molecule has 18 heavy (non-hydrogen) atoms. The largest absolute Gasteiger partial charge is 0.397 e. The average Bonchev–Trinajstić information content (AvgIpc) is 2.84. The van der Waals surface area contributed by atoms with E-state index in [4.69, 9.17) is 5.73 Å². The van der Waals surface area contributed by atoms with Gasteiger partial charge in [-0.1, -0.05) is 37.3 Å². The Kier molecular flexibility index (Phi) is 2.52. The molecule has 3 nitrogen and oxygen atoms in total. The fourth-order valence-electron chi connectivity index (χ4n) is 2.24. The number of hydrogen-bond acceptors (Lipinski definition) is 2. The summed E-state index contributed by atoms with van der Waals surface area (Å²) in [6.07, 6.45) is 0.989. The molecule has 2 aromatic carbocycles. The first kappa shape index (κ1) is 10.8. The van der Waals surface area contributed by atoms with Crippen LogP contribution in [0.3, 0.4) is 0 Å². The third kappa shape index (κ3) is 1.64. The Labute approximate surface area is 106 Å². The molecule has 3 N–H and O–H groups in total. The van der Waals surface area contributed by atoms with Crippen molar-refractivity contribution >= 4 is 16.7 Å². The van der Waals surface area contributed by atoms with Gasteiger partial charge in [0.05, 0.1) is 11.2 Å². The zero-order valence-electron chi connectivity index (χ0n) is 10.3. The molecule has 3 heteroatoms. The molecule has 0 saturated heterocycles. The Morgan fingerprint density at radius 2 is 1.94 bits per heavy atom. The standard InChI is InChI=1S/C15H15N3/c1-2-10-6-3-4-7-11(10)15-17-13-9-5-8-12(16)14(13)18-15/h3-9H,2,16H2,1H3,(H,17,18). The highest BCUT2D eigenvalue weighted by Gasteiger charge is 2.09. The van der Waals surface area contributed by atoms with Gasteiger partial charge >= 0.3 is 0 Å². The van der Waals surface area contributed by atoms with Crippen LogP contribution in [0.5, 0.6) is 0 Å². The molecule has 0 atom stereocenters. The van der Waals surface area contributed by atoms with Crippen molar-refractivity contribution in [1.82, 2.24) is 9.97 Å². The molecule has 0 radical (unpaired) electrons. The number of rotatable bonds is 2. The van der Waals surface area contributed by atoms with Crippen LogP contribution in [0.1, 0.15) is 12.5 Å². The fraction of sp³-hybridized carbons (Fsp3) is 0.133. The van der Waals surface area contributed by atoms with Gasteiger partial charge in [0.1, 0.15) is 11.3 Å². The van der Waals surface area contributed by atoms with Gasteiger partial charge in [-0.2, -0.15) is 0 Å². The van der Waals surface area contributed by atoms with Crippen LogP contribution >= 0.6 is 0 Å². The second-order valence-corrected chi connectivity index (χ2v) is 4.34. The van der Waals surface area contributed by atoms with Crippen molar-refractivity contribution in [2.24, 2.45) is 0 Å². The maximum Gasteiger partial charge on any atom is 0.138 e. The molecule has 1 aromatic heterocycles. The van der Waals surface area contributed by atoms with E-state index >= 15 is 0 Å². The number of nitrogens with two attached hydrogens (primary N) is 1. The lowest BCUT2D eigenvalue weighted by molar-refractivity contribution is 1.13. The quantitative estimate of drug-likeness (QED) is 0.671. The van der Waals surface area contributed by atoms with Crippen molar-refractivity contribution in [1.29, 1.82) is 0 Å². The van der Waals surface area contributed by atoms with Crippen molar-refractivity contribution in [2.45, 2.75) is 13.3 Å². The lowest BCUT2D eigenvalue weighted by atomic mass is 10.1. The highest BCUT2D eigenvalue weighted by Crippen LogP contribution is 2.26. The summed E-state index contributed by atoms with van der Waals surface area (Å²) in [6, 6.07) is 14.1. The number of H-pyrrole nitrogens is 1. The third-order valence-electron chi connectivity index (χ3n) is 3.20. The number of hydrogen-bond donors (Lipinski definition) is 2. The highest BCUT2D eigenvalue weighted by atomic mass is 14.9. The van der Waals surface area contributed by atoms with Crippen LogP contribution in [0.4, 0.5) is 5.69 Å². The smallest absolute Gasteiger partial charge is 0.138 e. The van der Waals surface area contributed by atoms with Crippen LogP contribution in [-0.2, 0) is 6.42 Å². The summed E-state index contributed by atoms with van der Waals surface area (Å²) in [5, 5.41) is 0. The van der Waals surface area contributed by atoms with E-state index in [2.05, 4.69) is 35.1 Å². The minimum atomic E-state index is 0.712. The lowest BCUT2D eigenvalue weighted by Gasteiger charge is -2.03. The molecule has 0 aliphatic carbocycles. The molecule has 3 aromatic rings. The summed E-state index contributed by atoms with van der Waals surface area (Å²) in [5.74, 6) is 0.889. The van der Waals surface area contributed by atoms with E-state index in [1.807, 2.05) is 24.3 Å². The normalized spacial score (nSPS) is 10.9. The second-order valence-electron chi connectivity index (χ2n) is 4.34. The maximum atomic E-state index is 5.94. The minimum Gasteiger partial charge on any atom is -0.397 e. The first-order valence-electron chi connectivity index (χ1n) is 6.12. The van der Waals surface area contributed by atoms with Gasteiger partial charge in [-0.25, -0.2) is 4.98 Å². The fourth-order valence-corrected chi connectivity index (χ4v) is 2.24. The number of nitrogens with one attached hydrogen (secondary N) is 1. The van der Waals surface area contributed by atoms with Crippen LogP contribution in [0.25, 0.3) is 22.4 Å². The molecule has 90 valence electrons. The minimum absolute atomic E-state index is 0.712. The number of imidazole rings is 1. The molecular weight excluding hydrogens is 222 g/mol. The van der Waals surface area contributed by atoms with E-state index in [9.17, 15) is 0 Å². The monoisotopic (exact) mass is 237 g/mol. The molecule has 3 rings (SSSR count). The van der Waals surface area contributed by atoms with E-state index in [-0.39, 0.29) is 0 Å². The van der Waals surface area contributed by atoms with E-state index < -0.39 is 0 Å². The van der Waals surface area contributed by atoms with Crippen LogP contribution in [0.2, 0.25) is 0 Å². The van der Waals surface area contributed by atoms with Crippen LogP contribution in [0.15, 0.2) is 42.5 Å². The van der Waals surface area contributed by atoms with Crippen LogP contribution in [-0.4, -0.2) is 9.97 Å². The summed E-state index contributed by atoms with van der Waals surface area (Å²) in [6.45, 7) is 2.15. The Morgan fingerprint density at radius 3 is 2.72 bits per heavy atom. The molecule has 0 unspecified atom stereocenters. The van der Waals surface area contributed by atoms with Crippen molar-refractivity contribution in [2.75, 3.05) is 5.73 Å². The lowest BCUT2D eigenvalue weighted by Crippen LogP contribution is -1.88. The predicted octanol–water partition coefficient (Wildman–Crippen LogP) is 3.37. The zero-order chi connectivity index (χ0) is 12.5. The first-order chi connectivity index (χ1) is 8.79. The van der Waals surface area contributed by atoms with E-state index in [0.717, 1.165) is 28.8 Å². The number of aromatic amines is 1. The summed E-state index contributed by atoms with van der Waals surface area (Å²) >= 11 is 0. The number of para-hydroxylation sites is 1.